The van der Waals surface area contributed by atoms with Gasteiger partial charge in [-0.05, 0) is 55.9 Å². The number of aromatic nitrogens is 1. The highest BCUT2D eigenvalue weighted by Crippen LogP contribution is 2.27. The van der Waals surface area contributed by atoms with E-state index < -0.39 is 0 Å². The highest BCUT2D eigenvalue weighted by atomic mass is 32.1. The fourth-order valence-electron chi connectivity index (χ4n) is 3.50. The molecule has 0 fully saturated rings. The van der Waals surface area contributed by atoms with E-state index in [4.69, 9.17) is 21.9 Å². The van der Waals surface area contributed by atoms with Crippen molar-refractivity contribution in [2.45, 2.75) is 26.5 Å². The Labute approximate surface area is 198 Å². The van der Waals surface area contributed by atoms with E-state index in [9.17, 15) is 4.79 Å². The van der Waals surface area contributed by atoms with Crippen LogP contribution in [-0.2, 0) is 6.54 Å². The average Bonchev–Trinajstić information content (AvgIpc) is 2.82. The van der Waals surface area contributed by atoms with Crippen LogP contribution in [0.5, 0.6) is 5.75 Å². The van der Waals surface area contributed by atoms with Crippen molar-refractivity contribution in [3.63, 3.8) is 0 Å². The third-order valence-corrected chi connectivity index (χ3v) is 5.23. The second-order valence-corrected chi connectivity index (χ2v) is 8.30. The molecule has 0 spiro atoms. The van der Waals surface area contributed by atoms with E-state index in [0.717, 1.165) is 27.8 Å². The zero-order valence-electron chi connectivity index (χ0n) is 18.5. The molecule has 4 aromatic rings. The van der Waals surface area contributed by atoms with Crippen LogP contribution in [0.1, 0.15) is 29.8 Å². The Kier molecular flexibility index (Phi) is 6.95. The van der Waals surface area contributed by atoms with Crippen LogP contribution < -0.4 is 15.4 Å². The van der Waals surface area contributed by atoms with Crippen LogP contribution in [0.3, 0.4) is 0 Å². The van der Waals surface area contributed by atoms with Gasteiger partial charge in [-0.1, -0.05) is 60.7 Å². The van der Waals surface area contributed by atoms with Gasteiger partial charge in [0.25, 0.3) is 5.91 Å². The topological polar surface area (TPSA) is 63.2 Å². The Morgan fingerprint density at radius 1 is 0.970 bits per heavy atom. The van der Waals surface area contributed by atoms with Gasteiger partial charge in [0, 0.05) is 17.5 Å². The van der Waals surface area contributed by atoms with Crippen LogP contribution in [0.2, 0.25) is 0 Å². The van der Waals surface area contributed by atoms with Crippen molar-refractivity contribution in [1.29, 1.82) is 0 Å². The number of thiocarbonyl (C=S) groups is 1. The summed E-state index contributed by atoms with van der Waals surface area (Å²) in [5.74, 6) is 0.477. The third-order valence-electron chi connectivity index (χ3n) is 4.99. The molecule has 33 heavy (non-hydrogen) atoms. The number of ether oxygens (including phenoxy) is 1. The molecule has 2 N–H and O–H groups in total. The van der Waals surface area contributed by atoms with E-state index in [1.54, 1.807) is 6.07 Å². The molecular formula is C27H25N3O2S. The van der Waals surface area contributed by atoms with Crippen LogP contribution >= 0.6 is 12.2 Å². The Hall–Kier alpha value is -3.77. The molecule has 0 aliphatic rings. The van der Waals surface area contributed by atoms with Crippen molar-refractivity contribution in [3.8, 4) is 17.0 Å². The minimum atomic E-state index is -0.282. The second kappa shape index (κ2) is 10.2. The predicted octanol–water partition coefficient (Wildman–Crippen LogP) is 5.49. The molecule has 4 rings (SSSR count). The van der Waals surface area contributed by atoms with E-state index in [1.807, 2.05) is 92.7 Å². The van der Waals surface area contributed by atoms with Gasteiger partial charge in [0.05, 0.1) is 22.9 Å². The molecule has 0 unspecified atom stereocenters. The van der Waals surface area contributed by atoms with Crippen molar-refractivity contribution in [2.75, 3.05) is 0 Å². The summed E-state index contributed by atoms with van der Waals surface area (Å²) in [5.41, 5.74) is 3.89. The third kappa shape index (κ3) is 5.73. The largest absolute Gasteiger partial charge is 0.491 e. The van der Waals surface area contributed by atoms with Crippen molar-refractivity contribution in [1.82, 2.24) is 15.6 Å². The fraction of sp³-hybridized carbons (Fsp3) is 0.148. The number of carbonyl (C=O) groups is 1. The quantitative estimate of drug-likeness (QED) is 0.376. The first-order chi connectivity index (χ1) is 16.0. The monoisotopic (exact) mass is 455 g/mol. The van der Waals surface area contributed by atoms with E-state index in [0.29, 0.717) is 17.8 Å². The molecular weight excluding hydrogens is 430 g/mol. The fourth-order valence-corrected chi connectivity index (χ4v) is 3.67. The SMILES string of the molecule is CC(C)Oc1cccc(-c2cc(C(=O)NC(=S)NCc3ccccc3)c3ccccc3n2)c1. The number of hydrogen-bond donors (Lipinski definition) is 2. The summed E-state index contributed by atoms with van der Waals surface area (Å²) in [5, 5.41) is 6.93. The molecule has 0 saturated carbocycles. The maximum Gasteiger partial charge on any atom is 0.258 e. The van der Waals surface area contributed by atoms with E-state index in [1.165, 1.54) is 0 Å². The number of fused-ring (bicyclic) bond motifs is 1. The number of amides is 1. The Balaban J connectivity index is 1.60. The predicted molar refractivity (Wildman–Crippen MR) is 136 cm³/mol. The highest BCUT2D eigenvalue weighted by Gasteiger charge is 2.15. The van der Waals surface area contributed by atoms with Gasteiger partial charge in [-0.15, -0.1) is 0 Å². The summed E-state index contributed by atoms with van der Waals surface area (Å²) < 4.78 is 5.83. The summed E-state index contributed by atoms with van der Waals surface area (Å²) in [6, 6.07) is 27.0. The van der Waals surface area contributed by atoms with Crippen molar-refractivity contribution >= 4 is 34.1 Å². The van der Waals surface area contributed by atoms with Gasteiger partial charge < -0.3 is 10.1 Å². The smallest absolute Gasteiger partial charge is 0.258 e. The zero-order chi connectivity index (χ0) is 23.2. The Morgan fingerprint density at radius 3 is 2.52 bits per heavy atom. The highest BCUT2D eigenvalue weighted by molar-refractivity contribution is 7.80. The number of carbonyl (C=O) groups excluding carboxylic acids is 1. The molecule has 0 aliphatic carbocycles. The molecule has 0 atom stereocenters. The molecule has 3 aromatic carbocycles. The lowest BCUT2D eigenvalue weighted by atomic mass is 10.0. The van der Waals surface area contributed by atoms with Gasteiger partial charge in [-0.3, -0.25) is 10.1 Å². The molecule has 1 amide bonds. The summed E-state index contributed by atoms with van der Waals surface area (Å²) in [6.45, 7) is 4.50. The van der Waals surface area contributed by atoms with Gasteiger partial charge in [0.15, 0.2) is 5.11 Å². The minimum Gasteiger partial charge on any atom is -0.491 e. The van der Waals surface area contributed by atoms with Crippen LogP contribution in [-0.4, -0.2) is 22.1 Å². The number of pyridine rings is 1. The Morgan fingerprint density at radius 2 is 1.73 bits per heavy atom. The van der Waals surface area contributed by atoms with Gasteiger partial charge >= 0.3 is 0 Å². The number of para-hydroxylation sites is 1. The number of benzene rings is 3. The van der Waals surface area contributed by atoms with Gasteiger partial charge in [-0.2, -0.15) is 0 Å². The number of hydrogen-bond acceptors (Lipinski definition) is 4. The summed E-state index contributed by atoms with van der Waals surface area (Å²) in [7, 11) is 0. The van der Waals surface area contributed by atoms with Crippen molar-refractivity contribution in [3.05, 3.63) is 96.1 Å². The maximum atomic E-state index is 13.2. The standard InChI is InChI=1S/C27H25N3O2S/c1-18(2)32-21-12-8-11-20(15-21)25-16-23(22-13-6-7-14-24(22)29-25)26(31)30-27(33)28-17-19-9-4-3-5-10-19/h3-16,18H,17H2,1-2H3,(H2,28,30,31,33). The summed E-state index contributed by atoms with van der Waals surface area (Å²) in [6.07, 6.45) is 0.0653. The van der Waals surface area contributed by atoms with Crippen molar-refractivity contribution in [2.24, 2.45) is 0 Å². The first-order valence-electron chi connectivity index (χ1n) is 10.8. The number of rotatable bonds is 6. The molecule has 0 saturated heterocycles. The van der Waals surface area contributed by atoms with Gasteiger partial charge in [0.2, 0.25) is 0 Å². The first kappa shape index (κ1) is 22.4. The van der Waals surface area contributed by atoms with Crippen LogP contribution in [0.25, 0.3) is 22.2 Å². The Bertz CT molecular complexity index is 1290. The number of nitrogens with zero attached hydrogens (tertiary/aromatic N) is 1. The molecule has 1 aromatic heterocycles. The first-order valence-corrected chi connectivity index (χ1v) is 11.2. The van der Waals surface area contributed by atoms with Crippen molar-refractivity contribution < 1.29 is 9.53 Å². The van der Waals surface area contributed by atoms with E-state index in [2.05, 4.69) is 10.6 Å². The summed E-state index contributed by atoms with van der Waals surface area (Å²) >= 11 is 5.36. The lowest BCUT2D eigenvalue weighted by Crippen LogP contribution is -2.39. The molecule has 0 bridgehead atoms. The minimum absolute atomic E-state index is 0.0653. The normalized spacial score (nSPS) is 10.8. The lowest BCUT2D eigenvalue weighted by molar-refractivity contribution is 0.0978. The zero-order valence-corrected chi connectivity index (χ0v) is 19.4. The molecule has 166 valence electrons. The van der Waals surface area contributed by atoms with Crippen LogP contribution in [0.4, 0.5) is 0 Å². The second-order valence-electron chi connectivity index (χ2n) is 7.89. The average molecular weight is 456 g/mol. The van der Waals surface area contributed by atoms with Crippen LogP contribution in [0.15, 0.2) is 84.9 Å². The number of nitrogens with one attached hydrogen (secondary N) is 2. The van der Waals surface area contributed by atoms with Gasteiger partial charge in [-0.25, -0.2) is 4.98 Å². The maximum absolute atomic E-state index is 13.2. The van der Waals surface area contributed by atoms with E-state index >= 15 is 0 Å². The lowest BCUT2D eigenvalue weighted by Gasteiger charge is -2.13. The van der Waals surface area contributed by atoms with Gasteiger partial charge in [0.1, 0.15) is 5.75 Å². The molecule has 0 radical (unpaired) electrons. The molecule has 0 aliphatic heterocycles. The van der Waals surface area contributed by atoms with Crippen LogP contribution in [0, 0.1) is 0 Å². The molecule has 1 heterocycles. The van der Waals surface area contributed by atoms with E-state index in [-0.39, 0.29) is 17.1 Å². The summed E-state index contributed by atoms with van der Waals surface area (Å²) in [4.78, 5) is 18.0. The molecule has 5 nitrogen and oxygen atoms in total. The molecule has 6 heteroatoms.